The molecule has 0 aliphatic heterocycles. The highest BCUT2D eigenvalue weighted by Gasteiger charge is 2.16. The lowest BCUT2D eigenvalue weighted by Crippen LogP contribution is -1.92. The number of nitrogen functional groups attached to an aromatic ring is 1. The van der Waals surface area contributed by atoms with Gasteiger partial charge in [0.15, 0.2) is 0 Å². The molecule has 0 unspecified atom stereocenters. The lowest BCUT2D eigenvalue weighted by atomic mass is 10.2. The molecule has 2 N–H and O–H groups in total. The van der Waals surface area contributed by atoms with Crippen LogP contribution in [0, 0.1) is 6.92 Å². The van der Waals surface area contributed by atoms with Gasteiger partial charge in [0.25, 0.3) is 5.89 Å². The standard InChI is InChI=1S/C15H14N4O2/c1-9-4-3-7-17-13(9)14-18-15(21-19-14)11-6-5-10(16)8-12(11)20-2/h3-8H,16H2,1-2H3. The monoisotopic (exact) mass is 282 g/mol. The second-order valence-electron chi connectivity index (χ2n) is 4.55. The van der Waals surface area contributed by atoms with E-state index in [0.29, 0.717) is 34.4 Å². The van der Waals surface area contributed by atoms with Crippen LogP contribution in [0.5, 0.6) is 5.75 Å². The first kappa shape index (κ1) is 13.1. The molecule has 1 aromatic carbocycles. The maximum atomic E-state index is 5.74. The highest BCUT2D eigenvalue weighted by molar-refractivity contribution is 5.68. The first-order chi connectivity index (χ1) is 10.2. The van der Waals surface area contributed by atoms with E-state index in [4.69, 9.17) is 15.0 Å². The quantitative estimate of drug-likeness (QED) is 0.743. The number of nitrogens with two attached hydrogens (primary N) is 1. The molecule has 0 spiro atoms. The van der Waals surface area contributed by atoms with Crippen LogP contribution in [-0.2, 0) is 0 Å². The second-order valence-corrected chi connectivity index (χ2v) is 4.55. The Morgan fingerprint density at radius 1 is 1.24 bits per heavy atom. The lowest BCUT2D eigenvalue weighted by molar-refractivity contribution is 0.405. The molecule has 21 heavy (non-hydrogen) atoms. The molecule has 106 valence electrons. The number of hydrogen-bond donors (Lipinski definition) is 1. The van der Waals surface area contributed by atoms with Crippen LogP contribution in [0.3, 0.4) is 0 Å². The van der Waals surface area contributed by atoms with Crippen molar-refractivity contribution in [1.82, 2.24) is 15.1 Å². The van der Waals surface area contributed by atoms with E-state index in [1.807, 2.05) is 19.1 Å². The normalized spacial score (nSPS) is 10.6. The van der Waals surface area contributed by atoms with Gasteiger partial charge < -0.3 is 15.0 Å². The molecule has 6 heteroatoms. The van der Waals surface area contributed by atoms with Gasteiger partial charge in [-0.2, -0.15) is 4.98 Å². The molecule has 2 aromatic heterocycles. The summed E-state index contributed by atoms with van der Waals surface area (Å²) in [4.78, 5) is 8.66. The fourth-order valence-corrected chi connectivity index (χ4v) is 2.03. The summed E-state index contributed by atoms with van der Waals surface area (Å²) in [5, 5.41) is 3.99. The molecule has 0 aliphatic carbocycles. The number of nitrogens with zero attached hydrogens (tertiary/aromatic N) is 3. The molecule has 6 nitrogen and oxygen atoms in total. The Morgan fingerprint density at radius 2 is 2.10 bits per heavy atom. The first-order valence-corrected chi connectivity index (χ1v) is 6.38. The van der Waals surface area contributed by atoms with Crippen molar-refractivity contribution in [3.05, 3.63) is 42.1 Å². The predicted octanol–water partition coefficient (Wildman–Crippen LogP) is 2.70. The Labute approximate surface area is 121 Å². The van der Waals surface area contributed by atoms with Gasteiger partial charge >= 0.3 is 0 Å². The van der Waals surface area contributed by atoms with Crippen LogP contribution in [0.25, 0.3) is 23.0 Å². The van der Waals surface area contributed by atoms with E-state index in [2.05, 4.69) is 15.1 Å². The third-order valence-electron chi connectivity index (χ3n) is 3.10. The minimum Gasteiger partial charge on any atom is -0.496 e. The molecule has 0 radical (unpaired) electrons. The fourth-order valence-electron chi connectivity index (χ4n) is 2.03. The van der Waals surface area contributed by atoms with Crippen LogP contribution in [0.2, 0.25) is 0 Å². The number of ether oxygens (including phenoxy) is 1. The third kappa shape index (κ3) is 2.43. The Kier molecular flexibility index (Phi) is 3.27. The topological polar surface area (TPSA) is 87.1 Å². The van der Waals surface area contributed by atoms with Crippen LogP contribution in [0.15, 0.2) is 41.1 Å². The summed E-state index contributed by atoms with van der Waals surface area (Å²) in [6.07, 6.45) is 1.70. The highest BCUT2D eigenvalue weighted by atomic mass is 16.5. The van der Waals surface area contributed by atoms with E-state index in [1.165, 1.54) is 0 Å². The average Bonchev–Trinajstić information content (AvgIpc) is 2.97. The summed E-state index contributed by atoms with van der Waals surface area (Å²) < 4.78 is 10.6. The molecule has 0 bridgehead atoms. The van der Waals surface area contributed by atoms with Crippen molar-refractivity contribution in [3.8, 4) is 28.7 Å². The Balaban J connectivity index is 2.05. The van der Waals surface area contributed by atoms with E-state index in [1.54, 1.807) is 31.5 Å². The zero-order valence-electron chi connectivity index (χ0n) is 11.7. The fraction of sp³-hybridized carbons (Fsp3) is 0.133. The SMILES string of the molecule is COc1cc(N)ccc1-c1nc(-c2ncccc2C)no1. The zero-order chi connectivity index (χ0) is 14.8. The molecule has 0 fully saturated rings. The lowest BCUT2D eigenvalue weighted by Gasteiger charge is -2.05. The number of aryl methyl sites for hydroxylation is 1. The number of anilines is 1. The molecular weight excluding hydrogens is 268 g/mol. The largest absolute Gasteiger partial charge is 0.496 e. The molecule has 0 amide bonds. The molecule has 0 aliphatic rings. The number of methoxy groups -OCH3 is 1. The zero-order valence-corrected chi connectivity index (χ0v) is 11.7. The maximum absolute atomic E-state index is 5.74. The number of rotatable bonds is 3. The summed E-state index contributed by atoms with van der Waals surface area (Å²) in [6.45, 7) is 1.95. The van der Waals surface area contributed by atoms with Crippen molar-refractivity contribution in [2.75, 3.05) is 12.8 Å². The Morgan fingerprint density at radius 3 is 2.86 bits per heavy atom. The summed E-state index contributed by atoms with van der Waals surface area (Å²) >= 11 is 0. The van der Waals surface area contributed by atoms with Crippen molar-refractivity contribution in [1.29, 1.82) is 0 Å². The minimum atomic E-state index is 0.368. The van der Waals surface area contributed by atoms with Crippen LogP contribution in [0.1, 0.15) is 5.56 Å². The van der Waals surface area contributed by atoms with Crippen molar-refractivity contribution < 1.29 is 9.26 Å². The van der Waals surface area contributed by atoms with Crippen LogP contribution in [0.4, 0.5) is 5.69 Å². The molecule has 3 aromatic rings. The van der Waals surface area contributed by atoms with E-state index >= 15 is 0 Å². The van der Waals surface area contributed by atoms with Gasteiger partial charge in [-0.3, -0.25) is 4.98 Å². The maximum Gasteiger partial charge on any atom is 0.262 e. The van der Waals surface area contributed by atoms with E-state index in [9.17, 15) is 0 Å². The minimum absolute atomic E-state index is 0.368. The van der Waals surface area contributed by atoms with Gasteiger partial charge in [0.05, 0.1) is 12.7 Å². The number of pyridine rings is 1. The van der Waals surface area contributed by atoms with Crippen molar-refractivity contribution in [2.45, 2.75) is 6.92 Å². The van der Waals surface area contributed by atoms with Gasteiger partial charge in [0, 0.05) is 18.0 Å². The molecule has 0 saturated heterocycles. The van der Waals surface area contributed by atoms with Crippen LogP contribution in [-0.4, -0.2) is 22.2 Å². The molecule has 3 rings (SSSR count). The molecule has 2 heterocycles. The van der Waals surface area contributed by atoms with Crippen molar-refractivity contribution in [2.24, 2.45) is 0 Å². The number of benzene rings is 1. The summed E-state index contributed by atoms with van der Waals surface area (Å²) in [6, 6.07) is 9.07. The summed E-state index contributed by atoms with van der Waals surface area (Å²) in [5.74, 6) is 1.40. The van der Waals surface area contributed by atoms with Gasteiger partial charge in [-0.05, 0) is 30.7 Å². The Bertz CT molecular complexity index is 783. The second kappa shape index (κ2) is 5.24. The molecule has 0 saturated carbocycles. The number of aromatic nitrogens is 3. The van der Waals surface area contributed by atoms with Gasteiger partial charge in [-0.15, -0.1) is 0 Å². The smallest absolute Gasteiger partial charge is 0.262 e. The average molecular weight is 282 g/mol. The number of hydrogen-bond acceptors (Lipinski definition) is 6. The predicted molar refractivity (Wildman–Crippen MR) is 78.7 cm³/mol. The van der Waals surface area contributed by atoms with Gasteiger partial charge in [-0.25, -0.2) is 0 Å². The summed E-state index contributed by atoms with van der Waals surface area (Å²) in [7, 11) is 1.57. The summed E-state index contributed by atoms with van der Waals surface area (Å²) in [5.41, 5.74) is 8.72. The van der Waals surface area contributed by atoms with E-state index in [0.717, 1.165) is 5.56 Å². The van der Waals surface area contributed by atoms with Crippen LogP contribution >= 0.6 is 0 Å². The van der Waals surface area contributed by atoms with Crippen molar-refractivity contribution in [3.63, 3.8) is 0 Å². The van der Waals surface area contributed by atoms with Gasteiger partial charge in [0.1, 0.15) is 11.4 Å². The highest BCUT2D eigenvalue weighted by Crippen LogP contribution is 2.31. The van der Waals surface area contributed by atoms with Crippen molar-refractivity contribution >= 4 is 5.69 Å². The van der Waals surface area contributed by atoms with Gasteiger partial charge in [0.2, 0.25) is 5.82 Å². The molecular formula is C15H14N4O2. The van der Waals surface area contributed by atoms with E-state index in [-0.39, 0.29) is 0 Å². The van der Waals surface area contributed by atoms with E-state index < -0.39 is 0 Å². The third-order valence-corrected chi connectivity index (χ3v) is 3.10. The Hall–Kier alpha value is -2.89. The first-order valence-electron chi connectivity index (χ1n) is 6.38. The van der Waals surface area contributed by atoms with Crippen LogP contribution < -0.4 is 10.5 Å². The van der Waals surface area contributed by atoms with Gasteiger partial charge in [-0.1, -0.05) is 11.2 Å². The molecule has 0 atom stereocenters.